The molecule has 0 aromatic heterocycles. The fourth-order valence-electron chi connectivity index (χ4n) is 2.57. The maximum absolute atomic E-state index is 12.7. The number of amides is 2. The monoisotopic (exact) mass is 342 g/mol. The van der Waals surface area contributed by atoms with Crippen LogP contribution in [0.4, 0.5) is 5.69 Å². The van der Waals surface area contributed by atoms with E-state index in [0.29, 0.717) is 21.8 Å². The van der Waals surface area contributed by atoms with Crippen LogP contribution in [-0.4, -0.2) is 29.2 Å². The van der Waals surface area contributed by atoms with E-state index in [9.17, 15) is 14.4 Å². The van der Waals surface area contributed by atoms with Crippen molar-refractivity contribution in [1.29, 1.82) is 0 Å². The highest BCUT2D eigenvalue weighted by Gasteiger charge is 2.28. The summed E-state index contributed by atoms with van der Waals surface area (Å²) >= 11 is 6.02. The van der Waals surface area contributed by atoms with Gasteiger partial charge in [0.1, 0.15) is 0 Å². The number of hydrogen-bond donors (Lipinski definition) is 1. The van der Waals surface area contributed by atoms with Crippen LogP contribution >= 0.6 is 11.6 Å². The molecule has 1 aliphatic rings. The summed E-state index contributed by atoms with van der Waals surface area (Å²) in [7, 11) is 0. The summed E-state index contributed by atoms with van der Waals surface area (Å²) in [6.07, 6.45) is 0.466. The zero-order valence-corrected chi connectivity index (χ0v) is 13.5. The number of likely N-dealkylation sites (tertiary alicyclic amines) is 1. The molecule has 5 nitrogen and oxygen atoms in total. The highest BCUT2D eigenvalue weighted by molar-refractivity contribution is 6.31. The Labute approximate surface area is 144 Å². The van der Waals surface area contributed by atoms with Gasteiger partial charge >= 0.3 is 0 Å². The second kappa shape index (κ2) is 6.84. The molecule has 0 unspecified atom stereocenters. The summed E-state index contributed by atoms with van der Waals surface area (Å²) < 4.78 is 0. The third-order valence-electron chi connectivity index (χ3n) is 3.84. The van der Waals surface area contributed by atoms with Crippen molar-refractivity contribution < 1.29 is 14.4 Å². The van der Waals surface area contributed by atoms with E-state index in [1.54, 1.807) is 42.5 Å². The Kier molecular flexibility index (Phi) is 4.62. The lowest BCUT2D eigenvalue weighted by Gasteiger charge is -2.17. The van der Waals surface area contributed by atoms with Gasteiger partial charge in [0, 0.05) is 34.7 Å². The van der Waals surface area contributed by atoms with Crippen molar-refractivity contribution in [1.82, 2.24) is 4.90 Å². The number of hydrogen-bond acceptors (Lipinski definition) is 4. The van der Waals surface area contributed by atoms with Crippen molar-refractivity contribution in [3.8, 4) is 0 Å². The van der Waals surface area contributed by atoms with Gasteiger partial charge < -0.3 is 5.32 Å². The molecule has 1 saturated heterocycles. The lowest BCUT2D eigenvalue weighted by molar-refractivity contribution is -0.137. The van der Waals surface area contributed by atoms with Crippen molar-refractivity contribution >= 4 is 34.9 Å². The van der Waals surface area contributed by atoms with Crippen LogP contribution in [0.2, 0.25) is 5.02 Å². The molecule has 24 heavy (non-hydrogen) atoms. The van der Waals surface area contributed by atoms with Crippen LogP contribution in [0.3, 0.4) is 0 Å². The first-order valence-electron chi connectivity index (χ1n) is 7.52. The first kappa shape index (κ1) is 16.2. The fourth-order valence-corrected chi connectivity index (χ4v) is 2.74. The predicted molar refractivity (Wildman–Crippen MR) is 90.9 cm³/mol. The van der Waals surface area contributed by atoms with E-state index in [-0.39, 0.29) is 37.1 Å². The van der Waals surface area contributed by atoms with Crippen LogP contribution in [0.1, 0.15) is 28.8 Å². The Morgan fingerprint density at radius 1 is 1.04 bits per heavy atom. The Hall–Kier alpha value is -2.66. The van der Waals surface area contributed by atoms with Crippen LogP contribution in [0.15, 0.2) is 48.5 Å². The van der Waals surface area contributed by atoms with Crippen molar-refractivity contribution in [3.05, 3.63) is 64.7 Å². The van der Waals surface area contributed by atoms with E-state index in [0.717, 1.165) is 4.90 Å². The number of ketones is 1. The number of carbonyl (C=O) groups is 3. The summed E-state index contributed by atoms with van der Waals surface area (Å²) in [6.45, 7) is 0.0361. The number of halogens is 1. The van der Waals surface area contributed by atoms with Gasteiger partial charge in [-0.15, -0.1) is 0 Å². The van der Waals surface area contributed by atoms with E-state index in [1.165, 1.54) is 0 Å². The smallest absolute Gasteiger partial charge is 0.231 e. The first-order valence-corrected chi connectivity index (χ1v) is 7.90. The van der Waals surface area contributed by atoms with E-state index in [2.05, 4.69) is 5.32 Å². The molecule has 0 spiro atoms. The average Bonchev–Trinajstić information content (AvgIpc) is 2.92. The maximum atomic E-state index is 12.7. The molecule has 0 saturated carbocycles. The molecule has 6 heteroatoms. The molecule has 0 bridgehead atoms. The van der Waals surface area contributed by atoms with Gasteiger partial charge in [-0.2, -0.15) is 0 Å². The summed E-state index contributed by atoms with van der Waals surface area (Å²) in [4.78, 5) is 37.2. The molecule has 3 rings (SSSR count). The summed E-state index contributed by atoms with van der Waals surface area (Å²) in [5.74, 6) is -0.602. The highest BCUT2D eigenvalue weighted by Crippen LogP contribution is 2.24. The van der Waals surface area contributed by atoms with Crippen molar-refractivity contribution in [2.24, 2.45) is 0 Å². The Morgan fingerprint density at radius 2 is 1.71 bits per heavy atom. The summed E-state index contributed by atoms with van der Waals surface area (Å²) in [5, 5.41) is 3.44. The third-order valence-corrected chi connectivity index (χ3v) is 4.08. The highest BCUT2D eigenvalue weighted by atomic mass is 35.5. The van der Waals surface area contributed by atoms with Gasteiger partial charge in [0.2, 0.25) is 11.8 Å². The number of nitrogens with one attached hydrogen (secondary N) is 1. The topological polar surface area (TPSA) is 66.5 Å². The normalized spacial score (nSPS) is 14.1. The fraction of sp³-hybridized carbons (Fsp3) is 0.167. The molecular weight excluding hydrogens is 328 g/mol. The van der Waals surface area contributed by atoms with E-state index in [4.69, 9.17) is 11.6 Å². The molecule has 0 radical (unpaired) electrons. The third kappa shape index (κ3) is 3.31. The molecule has 2 aromatic carbocycles. The lowest BCUT2D eigenvalue weighted by atomic mass is 10.0. The number of nitrogens with zero attached hydrogens (tertiary/aromatic N) is 1. The van der Waals surface area contributed by atoms with Crippen LogP contribution in [0.25, 0.3) is 0 Å². The van der Waals surface area contributed by atoms with E-state index >= 15 is 0 Å². The molecule has 1 fully saturated rings. The van der Waals surface area contributed by atoms with Gasteiger partial charge in [-0.05, 0) is 18.2 Å². The van der Waals surface area contributed by atoms with Crippen LogP contribution in [0.5, 0.6) is 0 Å². The van der Waals surface area contributed by atoms with Crippen LogP contribution in [-0.2, 0) is 9.59 Å². The average molecular weight is 343 g/mol. The molecule has 1 heterocycles. The molecule has 1 aliphatic heterocycles. The molecule has 2 amide bonds. The number of imide groups is 1. The minimum Gasteiger partial charge on any atom is -0.367 e. The Morgan fingerprint density at radius 3 is 2.38 bits per heavy atom. The van der Waals surface area contributed by atoms with Crippen LogP contribution in [0, 0.1) is 0 Å². The largest absolute Gasteiger partial charge is 0.367 e. The van der Waals surface area contributed by atoms with Gasteiger partial charge in [0.15, 0.2) is 5.78 Å². The lowest BCUT2D eigenvalue weighted by Crippen LogP contribution is -2.34. The second-order valence-electron chi connectivity index (χ2n) is 5.44. The number of benzene rings is 2. The first-order chi connectivity index (χ1) is 11.6. The van der Waals surface area contributed by atoms with Gasteiger partial charge in [-0.1, -0.05) is 41.9 Å². The molecule has 2 aromatic rings. The number of rotatable bonds is 5. The standard InChI is InChI=1S/C18H15ClN2O3/c19-13-6-7-15(20-11-21-16(22)8-9-17(21)23)14(10-13)18(24)12-4-2-1-3-5-12/h1-7,10,20H,8-9,11H2. The van der Waals surface area contributed by atoms with Gasteiger partial charge in [0.25, 0.3) is 0 Å². The van der Waals surface area contributed by atoms with Gasteiger partial charge in [-0.3, -0.25) is 19.3 Å². The Bertz CT molecular complexity index is 789. The summed E-state index contributed by atoms with van der Waals surface area (Å²) in [5.41, 5.74) is 1.46. The van der Waals surface area contributed by atoms with E-state index in [1.807, 2.05) is 6.07 Å². The Balaban J connectivity index is 1.85. The van der Waals surface area contributed by atoms with Crippen LogP contribution < -0.4 is 5.32 Å². The molecule has 0 aliphatic carbocycles. The van der Waals surface area contributed by atoms with Crippen molar-refractivity contribution in [2.45, 2.75) is 12.8 Å². The molecule has 0 atom stereocenters. The maximum Gasteiger partial charge on any atom is 0.231 e. The summed E-state index contributed by atoms with van der Waals surface area (Å²) in [6, 6.07) is 13.7. The van der Waals surface area contributed by atoms with Gasteiger partial charge in [-0.25, -0.2) is 0 Å². The van der Waals surface area contributed by atoms with Gasteiger partial charge in [0.05, 0.1) is 6.67 Å². The molecule has 1 N–H and O–H groups in total. The quantitative estimate of drug-likeness (QED) is 0.669. The van der Waals surface area contributed by atoms with Crippen molar-refractivity contribution in [3.63, 3.8) is 0 Å². The zero-order valence-electron chi connectivity index (χ0n) is 12.8. The minimum absolute atomic E-state index is 0.0361. The number of carbonyl (C=O) groups excluding carboxylic acids is 3. The zero-order chi connectivity index (χ0) is 17.1. The SMILES string of the molecule is O=C(c1ccccc1)c1cc(Cl)ccc1NCN1C(=O)CCC1=O. The van der Waals surface area contributed by atoms with E-state index < -0.39 is 0 Å². The predicted octanol–water partition coefficient (Wildman–Crippen LogP) is 3.09. The van der Waals surface area contributed by atoms with Crippen molar-refractivity contribution in [2.75, 3.05) is 12.0 Å². The molecular formula is C18H15ClN2O3. The number of anilines is 1. The minimum atomic E-state index is -0.211. The second-order valence-corrected chi connectivity index (χ2v) is 5.87. The molecule has 122 valence electrons.